The van der Waals surface area contributed by atoms with Crippen LogP contribution in [0.4, 0.5) is 0 Å². The number of aryl methyl sites for hydroxylation is 1. The average molecular weight is 396 g/mol. The maximum absolute atomic E-state index is 12.5. The van der Waals surface area contributed by atoms with Crippen LogP contribution < -0.4 is 10.5 Å². The highest BCUT2D eigenvalue weighted by Crippen LogP contribution is 2.22. The summed E-state index contributed by atoms with van der Waals surface area (Å²) in [5, 5.41) is 10.3. The van der Waals surface area contributed by atoms with E-state index in [1.165, 1.54) is 4.90 Å². The molecule has 0 amide bonds. The lowest BCUT2D eigenvalue weighted by Gasteiger charge is -2.16. The molecule has 0 aromatic carbocycles. The molecule has 7 nitrogen and oxygen atoms in total. The fourth-order valence-electron chi connectivity index (χ4n) is 3.24. The summed E-state index contributed by atoms with van der Waals surface area (Å²) in [7, 11) is 0. The van der Waals surface area contributed by atoms with Gasteiger partial charge in [-0.15, -0.1) is 21.5 Å². The molecule has 4 rings (SSSR count). The van der Waals surface area contributed by atoms with E-state index in [0.29, 0.717) is 30.5 Å². The number of nitrogens with one attached hydrogen (secondary N) is 1. The number of quaternary nitrogens is 1. The summed E-state index contributed by atoms with van der Waals surface area (Å²) in [5.41, 5.74) is 2.41. The quantitative estimate of drug-likeness (QED) is 0.518. The van der Waals surface area contributed by atoms with E-state index in [4.69, 9.17) is 4.42 Å². The van der Waals surface area contributed by atoms with Crippen LogP contribution in [0.1, 0.15) is 30.5 Å². The minimum Gasteiger partial charge on any atom is -0.414 e. The van der Waals surface area contributed by atoms with Gasteiger partial charge in [-0.2, -0.15) is 0 Å². The zero-order valence-corrected chi connectivity index (χ0v) is 16.7. The van der Waals surface area contributed by atoms with E-state index in [2.05, 4.69) is 22.1 Å². The first kappa shape index (κ1) is 18.5. The summed E-state index contributed by atoms with van der Waals surface area (Å²) in [6.07, 6.45) is 2.82. The van der Waals surface area contributed by atoms with Gasteiger partial charge in [0.25, 0.3) is 17.3 Å². The molecule has 0 fully saturated rings. The van der Waals surface area contributed by atoms with E-state index in [9.17, 15) is 4.79 Å². The molecule has 1 N–H and O–H groups in total. The van der Waals surface area contributed by atoms with Crippen LogP contribution in [0.3, 0.4) is 0 Å². The Morgan fingerprint density at radius 1 is 1.21 bits per heavy atom. The Hall–Kier alpha value is -2.84. The van der Waals surface area contributed by atoms with E-state index in [-0.39, 0.29) is 5.56 Å². The molecule has 0 saturated carbocycles. The van der Waals surface area contributed by atoms with Crippen LogP contribution in [-0.2, 0) is 13.1 Å². The second kappa shape index (κ2) is 8.04. The van der Waals surface area contributed by atoms with Crippen molar-refractivity contribution in [2.24, 2.45) is 0 Å². The van der Waals surface area contributed by atoms with E-state index in [1.807, 2.05) is 42.8 Å². The third kappa shape index (κ3) is 4.02. The molecular weight excluding hydrogens is 374 g/mol. The number of thiophene rings is 1. The van der Waals surface area contributed by atoms with Crippen molar-refractivity contribution in [3.8, 4) is 10.8 Å². The van der Waals surface area contributed by atoms with Crippen LogP contribution in [0.25, 0.3) is 16.4 Å². The third-order valence-electron chi connectivity index (χ3n) is 4.50. The van der Waals surface area contributed by atoms with Gasteiger partial charge in [-0.3, -0.25) is 9.20 Å². The Labute approximate surface area is 166 Å². The van der Waals surface area contributed by atoms with Crippen LogP contribution in [0.5, 0.6) is 0 Å². The number of hydrogen-bond donors (Lipinski definition) is 1. The molecule has 144 valence electrons. The Balaban J connectivity index is 1.55. The predicted molar refractivity (Wildman–Crippen MR) is 107 cm³/mol. The lowest BCUT2D eigenvalue weighted by molar-refractivity contribution is -0.929. The first-order valence-corrected chi connectivity index (χ1v) is 10.2. The highest BCUT2D eigenvalue weighted by molar-refractivity contribution is 7.13. The van der Waals surface area contributed by atoms with Crippen LogP contribution in [0, 0.1) is 6.92 Å². The topological polar surface area (TPSA) is 77.7 Å². The smallest absolute Gasteiger partial charge is 0.271 e. The molecule has 0 aliphatic carbocycles. The van der Waals surface area contributed by atoms with Crippen molar-refractivity contribution in [3.05, 3.63) is 69.4 Å². The zero-order valence-electron chi connectivity index (χ0n) is 15.9. The molecule has 28 heavy (non-hydrogen) atoms. The van der Waals surface area contributed by atoms with E-state index < -0.39 is 0 Å². The Bertz CT molecular complexity index is 1130. The molecule has 4 aromatic heterocycles. The van der Waals surface area contributed by atoms with Crippen molar-refractivity contribution in [1.82, 2.24) is 19.6 Å². The monoisotopic (exact) mass is 396 g/mol. The largest absolute Gasteiger partial charge is 0.414 e. The summed E-state index contributed by atoms with van der Waals surface area (Å²) >= 11 is 1.57. The van der Waals surface area contributed by atoms with Crippen molar-refractivity contribution in [3.63, 3.8) is 0 Å². The molecule has 1 atom stereocenters. The van der Waals surface area contributed by atoms with Crippen molar-refractivity contribution >= 4 is 17.0 Å². The highest BCUT2D eigenvalue weighted by Gasteiger charge is 2.17. The van der Waals surface area contributed by atoms with Gasteiger partial charge in [0.05, 0.1) is 11.4 Å². The molecule has 0 aliphatic rings. The van der Waals surface area contributed by atoms with E-state index in [1.54, 1.807) is 21.8 Å². The number of aromatic nitrogens is 4. The SMILES string of the molecule is CCC[NH+](Cc1cc(=O)n2cc(C)ccc2n1)Cc1nnc(-c2cccs2)o1. The van der Waals surface area contributed by atoms with Gasteiger partial charge in [-0.25, -0.2) is 4.98 Å². The van der Waals surface area contributed by atoms with E-state index in [0.717, 1.165) is 29.1 Å². The van der Waals surface area contributed by atoms with Gasteiger partial charge in [-0.1, -0.05) is 19.1 Å². The highest BCUT2D eigenvalue weighted by atomic mass is 32.1. The summed E-state index contributed by atoms with van der Waals surface area (Å²) in [6, 6.07) is 9.39. The number of nitrogens with zero attached hydrogens (tertiary/aromatic N) is 4. The molecule has 0 radical (unpaired) electrons. The Kier molecular flexibility index (Phi) is 5.31. The third-order valence-corrected chi connectivity index (χ3v) is 5.35. The zero-order chi connectivity index (χ0) is 19.5. The summed E-state index contributed by atoms with van der Waals surface area (Å²) in [4.78, 5) is 19.3. The van der Waals surface area contributed by atoms with Crippen LogP contribution >= 0.6 is 11.3 Å². The normalized spacial score (nSPS) is 12.5. The molecule has 8 heteroatoms. The molecule has 0 bridgehead atoms. The van der Waals surface area contributed by atoms with Gasteiger partial charge in [0.2, 0.25) is 0 Å². The fraction of sp³-hybridized carbons (Fsp3) is 0.300. The van der Waals surface area contributed by atoms with Gasteiger partial charge in [0, 0.05) is 12.3 Å². The van der Waals surface area contributed by atoms with Crippen LogP contribution in [0.2, 0.25) is 0 Å². The van der Waals surface area contributed by atoms with Crippen molar-refractivity contribution in [2.45, 2.75) is 33.4 Å². The van der Waals surface area contributed by atoms with Gasteiger partial charge in [-0.05, 0) is 36.4 Å². The van der Waals surface area contributed by atoms with Gasteiger partial charge >= 0.3 is 0 Å². The van der Waals surface area contributed by atoms with Crippen LogP contribution in [0.15, 0.2) is 51.1 Å². The molecule has 0 aliphatic heterocycles. The lowest BCUT2D eigenvalue weighted by Crippen LogP contribution is -3.09. The number of pyridine rings is 1. The second-order valence-corrected chi connectivity index (χ2v) is 7.80. The fourth-order valence-corrected chi connectivity index (χ4v) is 3.88. The van der Waals surface area contributed by atoms with Crippen LogP contribution in [-0.4, -0.2) is 26.1 Å². The lowest BCUT2D eigenvalue weighted by atomic mass is 10.3. The predicted octanol–water partition coefficient (Wildman–Crippen LogP) is 2.11. The summed E-state index contributed by atoms with van der Waals surface area (Å²) < 4.78 is 7.42. The molecule has 0 saturated heterocycles. The first-order valence-electron chi connectivity index (χ1n) is 9.31. The molecule has 1 unspecified atom stereocenters. The second-order valence-electron chi connectivity index (χ2n) is 6.85. The van der Waals surface area contributed by atoms with E-state index >= 15 is 0 Å². The van der Waals surface area contributed by atoms with Gasteiger partial charge in [0.1, 0.15) is 17.9 Å². The minimum atomic E-state index is -0.0580. The average Bonchev–Trinajstić information content (AvgIpc) is 3.34. The summed E-state index contributed by atoms with van der Waals surface area (Å²) in [6.45, 7) is 6.25. The maximum Gasteiger partial charge on any atom is 0.271 e. The number of fused-ring (bicyclic) bond motifs is 1. The van der Waals surface area contributed by atoms with Crippen molar-refractivity contribution in [2.75, 3.05) is 6.54 Å². The summed E-state index contributed by atoms with van der Waals surface area (Å²) in [5.74, 6) is 1.15. The first-order chi connectivity index (χ1) is 13.6. The van der Waals surface area contributed by atoms with Crippen molar-refractivity contribution < 1.29 is 9.32 Å². The Morgan fingerprint density at radius 2 is 2.11 bits per heavy atom. The standard InChI is InChI=1S/C20H21N5O2S/c1-3-8-24(13-18-22-23-20(27-18)16-5-4-9-28-16)12-15-10-19(26)25-11-14(2)6-7-17(25)21-15/h4-7,9-11H,3,8,12-13H2,1-2H3/p+1. The Morgan fingerprint density at radius 3 is 2.89 bits per heavy atom. The molecule has 4 heterocycles. The van der Waals surface area contributed by atoms with Gasteiger partial charge in [0.15, 0.2) is 6.54 Å². The number of hydrogen-bond acceptors (Lipinski definition) is 6. The maximum atomic E-state index is 12.5. The molecule has 4 aromatic rings. The minimum absolute atomic E-state index is 0.0580. The number of rotatable bonds is 7. The van der Waals surface area contributed by atoms with Crippen molar-refractivity contribution in [1.29, 1.82) is 0 Å². The molecule has 0 spiro atoms. The van der Waals surface area contributed by atoms with Gasteiger partial charge < -0.3 is 9.32 Å². The molecular formula is C20H22N5O2S+.